The Morgan fingerprint density at radius 3 is 0.970 bits per heavy atom. The zero-order chi connectivity index (χ0) is 43.8. The van der Waals surface area contributed by atoms with Crippen molar-refractivity contribution in [2.45, 2.75) is 12.3 Å². The second-order valence-corrected chi connectivity index (χ2v) is 17.4. The third-order valence-electron chi connectivity index (χ3n) is 13.3. The van der Waals surface area contributed by atoms with Crippen molar-refractivity contribution in [2.24, 2.45) is 0 Å². The summed E-state index contributed by atoms with van der Waals surface area (Å²) >= 11 is 0. The van der Waals surface area contributed by atoms with Crippen LogP contribution >= 0.6 is 0 Å². The van der Waals surface area contributed by atoms with Crippen LogP contribution in [0.5, 0.6) is 0 Å². The van der Waals surface area contributed by atoms with Gasteiger partial charge in [-0.1, -0.05) is 194 Å². The van der Waals surface area contributed by atoms with Crippen LogP contribution in [0.1, 0.15) is 17.9 Å². The first-order chi connectivity index (χ1) is 32.7. The average molecular weight is 843 g/mol. The van der Waals surface area contributed by atoms with E-state index in [1.807, 2.05) is 0 Å². The molecule has 0 saturated heterocycles. The van der Waals surface area contributed by atoms with Gasteiger partial charge in [0.25, 0.3) is 0 Å². The Labute approximate surface area is 386 Å². The van der Waals surface area contributed by atoms with Gasteiger partial charge < -0.3 is 9.80 Å². The second-order valence-electron chi connectivity index (χ2n) is 17.4. The molecule has 1 unspecified atom stereocenters. The summed E-state index contributed by atoms with van der Waals surface area (Å²) in [5, 5.41) is 9.89. The first-order valence-electron chi connectivity index (χ1n) is 22.9. The van der Waals surface area contributed by atoms with Crippen molar-refractivity contribution in [1.82, 2.24) is 0 Å². The lowest BCUT2D eigenvalue weighted by atomic mass is 9.90. The van der Waals surface area contributed by atoms with Crippen LogP contribution in [-0.4, -0.2) is 0 Å². The third kappa shape index (κ3) is 7.59. The quantitative estimate of drug-likeness (QED) is 0.143. The Hall–Kier alpha value is -8.46. The fraction of sp³-hybridized carbons (Fsp3) is 0.0312. The molecule has 0 aliphatic heterocycles. The molecule has 0 N–H and O–H groups in total. The van der Waals surface area contributed by atoms with Gasteiger partial charge in [-0.3, -0.25) is 0 Å². The van der Waals surface area contributed by atoms with E-state index < -0.39 is 0 Å². The molecule has 0 heterocycles. The molecule has 66 heavy (non-hydrogen) atoms. The van der Waals surface area contributed by atoms with E-state index in [4.69, 9.17) is 0 Å². The van der Waals surface area contributed by atoms with E-state index in [0.717, 1.165) is 34.9 Å². The Bertz CT molecular complexity index is 3460. The minimum absolute atomic E-state index is 0.307. The lowest BCUT2D eigenvalue weighted by Crippen LogP contribution is -2.17. The Morgan fingerprint density at radius 1 is 0.288 bits per heavy atom. The zero-order valence-electron chi connectivity index (χ0n) is 36.5. The molecule has 312 valence electrons. The molecule has 11 aromatic carbocycles. The fourth-order valence-corrected chi connectivity index (χ4v) is 9.76. The standard InChI is InChI=1S/C64H46N2/c1-5-13-55-41-61(37-29-45(55)9-1)65(62-38-30-46-10-2-6-14-56(46)42-62)59-33-25-53(26-34-59)51-21-17-49(18-22-51)50-19-23-52(24-20-50)54-27-35-60(36-28-54)66(63-39-31-47-11-3-7-15-57(47)43-63)64-40-32-48-12-4-8-16-58(48)44-64/h1-27,29-44,54H,28H2. The van der Waals surface area contributed by atoms with Crippen LogP contribution in [0.25, 0.3) is 65.3 Å². The number of allylic oxidation sites excluding steroid dienone is 3. The molecule has 0 saturated carbocycles. The second kappa shape index (κ2) is 16.9. The molecule has 2 heteroatoms. The number of fused-ring (bicyclic) bond motifs is 4. The summed E-state index contributed by atoms with van der Waals surface area (Å²) in [4.78, 5) is 4.76. The van der Waals surface area contributed by atoms with Crippen LogP contribution in [0.2, 0.25) is 0 Å². The topological polar surface area (TPSA) is 6.48 Å². The Kier molecular flexibility index (Phi) is 10.0. The van der Waals surface area contributed by atoms with Crippen molar-refractivity contribution in [3.8, 4) is 22.3 Å². The zero-order valence-corrected chi connectivity index (χ0v) is 36.5. The lowest BCUT2D eigenvalue weighted by Gasteiger charge is -2.29. The fourth-order valence-electron chi connectivity index (χ4n) is 9.76. The van der Waals surface area contributed by atoms with Gasteiger partial charge in [0.15, 0.2) is 0 Å². The van der Waals surface area contributed by atoms with E-state index in [1.54, 1.807) is 0 Å². The van der Waals surface area contributed by atoms with Crippen molar-refractivity contribution in [2.75, 3.05) is 9.80 Å². The maximum absolute atomic E-state index is 2.40. The summed E-state index contributed by atoms with van der Waals surface area (Å²) in [5.41, 5.74) is 13.0. The average Bonchev–Trinajstić information content (AvgIpc) is 3.39. The minimum Gasteiger partial charge on any atom is -0.311 e. The maximum atomic E-state index is 2.40. The first-order valence-corrected chi connectivity index (χ1v) is 22.9. The van der Waals surface area contributed by atoms with E-state index in [9.17, 15) is 0 Å². The first kappa shape index (κ1) is 39.2. The van der Waals surface area contributed by atoms with Gasteiger partial charge in [-0.2, -0.15) is 0 Å². The van der Waals surface area contributed by atoms with Gasteiger partial charge >= 0.3 is 0 Å². The van der Waals surface area contributed by atoms with Crippen LogP contribution in [0.15, 0.2) is 267 Å². The Morgan fingerprint density at radius 2 is 0.606 bits per heavy atom. The molecule has 0 bridgehead atoms. The smallest absolute Gasteiger partial charge is 0.0468 e. The molecule has 0 fully saturated rings. The van der Waals surface area contributed by atoms with Gasteiger partial charge in [0.2, 0.25) is 0 Å². The normalized spacial score (nSPS) is 13.6. The molecule has 0 amide bonds. The van der Waals surface area contributed by atoms with Gasteiger partial charge in [-0.15, -0.1) is 0 Å². The van der Waals surface area contributed by atoms with Crippen molar-refractivity contribution in [3.63, 3.8) is 0 Å². The molecule has 0 spiro atoms. The SMILES string of the molecule is C1=CC(c2ccc(-c3ccc(-c4ccc(N(c5ccc6ccccc6c5)c5ccc6ccccc6c5)cc4)cc3)cc2)CC=C1N(c1ccc2ccccc2c1)c1ccc2ccccc2c1. The maximum Gasteiger partial charge on any atom is 0.0468 e. The summed E-state index contributed by atoms with van der Waals surface area (Å²) in [7, 11) is 0. The summed E-state index contributed by atoms with van der Waals surface area (Å²) in [6, 6.07) is 88.5. The molecular formula is C64H46N2. The third-order valence-corrected chi connectivity index (χ3v) is 13.3. The molecule has 2 nitrogen and oxygen atoms in total. The highest BCUT2D eigenvalue weighted by molar-refractivity contribution is 5.94. The van der Waals surface area contributed by atoms with E-state index in [2.05, 4.69) is 271 Å². The number of anilines is 5. The predicted molar refractivity (Wildman–Crippen MR) is 282 cm³/mol. The number of hydrogen-bond donors (Lipinski definition) is 0. The van der Waals surface area contributed by atoms with E-state index >= 15 is 0 Å². The van der Waals surface area contributed by atoms with Gasteiger partial charge in [0.1, 0.15) is 0 Å². The van der Waals surface area contributed by atoms with Crippen LogP contribution in [0.3, 0.4) is 0 Å². The van der Waals surface area contributed by atoms with Gasteiger partial charge in [0.05, 0.1) is 0 Å². The van der Waals surface area contributed by atoms with E-state index in [-0.39, 0.29) is 0 Å². The van der Waals surface area contributed by atoms with Crippen molar-refractivity contribution in [3.05, 3.63) is 272 Å². The summed E-state index contributed by atoms with van der Waals surface area (Å²) in [6.45, 7) is 0. The lowest BCUT2D eigenvalue weighted by molar-refractivity contribution is 0.840. The van der Waals surface area contributed by atoms with E-state index in [1.165, 1.54) is 76.6 Å². The summed E-state index contributed by atoms with van der Waals surface area (Å²) < 4.78 is 0. The van der Waals surface area contributed by atoms with Gasteiger partial charge in [-0.05, 0) is 144 Å². The Balaban J connectivity index is 0.772. The van der Waals surface area contributed by atoms with Crippen molar-refractivity contribution >= 4 is 71.5 Å². The molecule has 12 rings (SSSR count). The number of benzene rings is 11. The summed E-state index contributed by atoms with van der Waals surface area (Å²) in [5.74, 6) is 0.307. The van der Waals surface area contributed by atoms with Crippen LogP contribution < -0.4 is 9.80 Å². The molecular weight excluding hydrogens is 797 g/mol. The van der Waals surface area contributed by atoms with Gasteiger partial charge in [0, 0.05) is 40.1 Å². The molecule has 1 atom stereocenters. The summed E-state index contributed by atoms with van der Waals surface area (Å²) in [6.07, 6.45) is 8.02. The van der Waals surface area contributed by atoms with Crippen molar-refractivity contribution in [1.29, 1.82) is 0 Å². The predicted octanol–water partition coefficient (Wildman–Crippen LogP) is 17.9. The van der Waals surface area contributed by atoms with Crippen LogP contribution in [0.4, 0.5) is 28.4 Å². The highest BCUT2D eigenvalue weighted by Crippen LogP contribution is 2.40. The highest BCUT2D eigenvalue weighted by Gasteiger charge is 2.20. The molecule has 11 aromatic rings. The largest absolute Gasteiger partial charge is 0.311 e. The number of nitrogens with zero attached hydrogens (tertiary/aromatic N) is 2. The molecule has 1 aliphatic rings. The highest BCUT2D eigenvalue weighted by atomic mass is 15.1. The number of rotatable bonds is 9. The molecule has 1 aliphatic carbocycles. The monoisotopic (exact) mass is 842 g/mol. The van der Waals surface area contributed by atoms with Gasteiger partial charge in [-0.25, -0.2) is 0 Å². The van der Waals surface area contributed by atoms with Crippen LogP contribution in [0, 0.1) is 0 Å². The minimum atomic E-state index is 0.307. The number of hydrogen-bond acceptors (Lipinski definition) is 2. The van der Waals surface area contributed by atoms with Crippen LogP contribution in [-0.2, 0) is 0 Å². The molecule has 0 radical (unpaired) electrons. The van der Waals surface area contributed by atoms with Crippen molar-refractivity contribution < 1.29 is 0 Å². The van der Waals surface area contributed by atoms with E-state index in [0.29, 0.717) is 5.92 Å². The molecule has 0 aromatic heterocycles.